The third kappa shape index (κ3) is 3.37. The van der Waals surface area contributed by atoms with E-state index in [0.717, 1.165) is 6.42 Å². The van der Waals surface area contributed by atoms with Gasteiger partial charge in [-0.25, -0.2) is 0 Å². The van der Waals surface area contributed by atoms with Crippen LogP contribution in [0.25, 0.3) is 11.1 Å². The minimum atomic E-state index is -3.90. The standard InChI is InChI=1S/C13H9.C10H14S.C5H5.2CH3.Hf/c1-3-7-12-10(5-1)9-11-6-2-4-8-13(11)12;1-3-4-5-6-10-8-7-9(2)11-10;1-2-4-5-3-1;;;/h1-5,7-8H,9H2;7-8H,3-5H2,1-2H3;1-5H;2*1H3;. The molecule has 0 aliphatic heterocycles. The van der Waals surface area contributed by atoms with E-state index in [1.165, 1.54) is 40.8 Å². The van der Waals surface area contributed by atoms with Crippen LogP contribution in [0.3, 0.4) is 0 Å². The second-order valence-corrected chi connectivity index (χ2v) is 36.1. The van der Waals surface area contributed by atoms with Crippen LogP contribution in [-0.4, -0.2) is 3.26 Å². The molecule has 1 heterocycles. The normalized spacial score (nSPS) is 15.3. The second-order valence-electron chi connectivity index (χ2n) is 10.4. The van der Waals surface area contributed by atoms with E-state index in [9.17, 15) is 0 Å². The fraction of sp³-hybridized carbons (Fsp3) is 0.300. The van der Waals surface area contributed by atoms with Crippen LogP contribution >= 0.6 is 11.3 Å². The summed E-state index contributed by atoms with van der Waals surface area (Å²) < 4.78 is 9.58. The fourth-order valence-electron chi connectivity index (χ4n) is 6.27. The molecule has 2 aromatic carbocycles. The topological polar surface area (TPSA) is 0 Å². The molecule has 2 heteroatoms. The zero-order chi connectivity index (χ0) is 22.4. The van der Waals surface area contributed by atoms with Gasteiger partial charge in [-0.1, -0.05) is 0 Å². The van der Waals surface area contributed by atoms with Gasteiger partial charge in [-0.15, -0.1) is 0 Å². The number of hydrogen-bond acceptors (Lipinski definition) is 1. The Morgan fingerprint density at radius 2 is 1.69 bits per heavy atom. The number of thiophene rings is 1. The quantitative estimate of drug-likeness (QED) is 0.194. The van der Waals surface area contributed by atoms with Crippen LogP contribution in [0.15, 0.2) is 78.9 Å². The van der Waals surface area contributed by atoms with Crippen molar-refractivity contribution in [3.63, 3.8) is 0 Å². The Hall–Kier alpha value is -1.64. The zero-order valence-electron chi connectivity index (χ0n) is 19.8. The van der Waals surface area contributed by atoms with E-state index >= 15 is 0 Å². The van der Waals surface area contributed by atoms with E-state index in [0.29, 0.717) is 3.67 Å². The Balaban J connectivity index is 1.87. The fourth-order valence-corrected chi connectivity index (χ4v) is 31.8. The molecule has 0 saturated heterocycles. The number of allylic oxidation sites excluding steroid dienone is 4. The molecule has 2 aliphatic rings. The van der Waals surface area contributed by atoms with Crippen LogP contribution in [0.5, 0.6) is 0 Å². The molecule has 1 aromatic heterocycles. The summed E-state index contributed by atoms with van der Waals surface area (Å²) in [6, 6.07) is 21.0. The Morgan fingerprint density at radius 1 is 0.938 bits per heavy atom. The van der Waals surface area contributed by atoms with Crippen LogP contribution < -0.4 is 3.32 Å². The summed E-state index contributed by atoms with van der Waals surface area (Å²) >= 11 is -1.88. The van der Waals surface area contributed by atoms with E-state index in [-0.39, 0.29) is 0 Å². The van der Waals surface area contributed by atoms with Crippen molar-refractivity contribution < 1.29 is 18.0 Å². The van der Waals surface area contributed by atoms with E-state index in [1.54, 1.807) is 13.8 Å². The maximum absolute atomic E-state index is 3.90. The molecule has 2 aliphatic carbocycles. The molecule has 32 heavy (non-hydrogen) atoms. The molecule has 0 spiro atoms. The molecule has 0 radical (unpaired) electrons. The van der Waals surface area contributed by atoms with Crippen molar-refractivity contribution in [3.8, 4) is 11.1 Å². The monoisotopic (exact) mass is 606 g/mol. The summed E-state index contributed by atoms with van der Waals surface area (Å²) in [6.07, 6.45) is 14.5. The van der Waals surface area contributed by atoms with Crippen molar-refractivity contribution in [1.29, 1.82) is 0 Å². The molecule has 0 saturated carbocycles. The first-order chi connectivity index (χ1) is 15.4. The molecular weight excluding hydrogens is 571 g/mol. The van der Waals surface area contributed by atoms with Gasteiger partial charge in [-0.05, 0) is 0 Å². The predicted molar refractivity (Wildman–Crippen MR) is 141 cm³/mol. The Kier molecular flexibility index (Phi) is 5.75. The van der Waals surface area contributed by atoms with E-state index < -0.39 is 18.0 Å². The van der Waals surface area contributed by atoms with E-state index in [2.05, 4.69) is 102 Å². The molecular formula is C30H34HfS. The van der Waals surface area contributed by atoms with Crippen LogP contribution in [0.1, 0.15) is 47.1 Å². The first-order valence-electron chi connectivity index (χ1n) is 12.1. The number of fused-ring (bicyclic) bond motifs is 3. The molecule has 0 N–H and O–H groups in total. The number of unbranched alkanes of at least 4 members (excludes halogenated alkanes) is 1. The average Bonchev–Trinajstić information content (AvgIpc) is 3.54. The Morgan fingerprint density at radius 3 is 2.41 bits per heavy atom. The third-order valence-electron chi connectivity index (χ3n) is 8.17. The first-order valence-corrected chi connectivity index (χ1v) is 25.8. The van der Waals surface area contributed by atoms with Gasteiger partial charge in [0, 0.05) is 0 Å². The van der Waals surface area contributed by atoms with Crippen molar-refractivity contribution in [2.75, 3.05) is 0 Å². The van der Waals surface area contributed by atoms with Gasteiger partial charge in [0.25, 0.3) is 0 Å². The van der Waals surface area contributed by atoms with Gasteiger partial charge in [0.05, 0.1) is 0 Å². The van der Waals surface area contributed by atoms with Gasteiger partial charge in [-0.3, -0.25) is 0 Å². The third-order valence-corrected chi connectivity index (χ3v) is 34.6. The van der Waals surface area contributed by atoms with Gasteiger partial charge >= 0.3 is 199 Å². The molecule has 3 aromatic rings. The number of benzene rings is 2. The Labute approximate surface area is 198 Å². The summed E-state index contributed by atoms with van der Waals surface area (Å²) in [7, 11) is 0. The minimum absolute atomic E-state index is 0.552. The molecule has 0 bridgehead atoms. The molecule has 0 atom stereocenters. The summed E-state index contributed by atoms with van der Waals surface area (Å²) in [5.74, 6) is 0. The van der Waals surface area contributed by atoms with E-state index in [1.807, 2.05) is 14.6 Å². The van der Waals surface area contributed by atoms with Crippen molar-refractivity contribution in [2.24, 2.45) is 0 Å². The number of rotatable bonds is 6. The number of aryl methyl sites for hydroxylation is 1. The van der Waals surface area contributed by atoms with Crippen LogP contribution in [0.2, 0.25) is 13.0 Å². The second kappa shape index (κ2) is 8.29. The van der Waals surface area contributed by atoms with Gasteiger partial charge in [0.1, 0.15) is 0 Å². The van der Waals surface area contributed by atoms with Crippen molar-refractivity contribution in [1.82, 2.24) is 0 Å². The van der Waals surface area contributed by atoms with Crippen LogP contribution in [0, 0.1) is 6.92 Å². The molecule has 0 amide bonds. The Bertz CT molecular complexity index is 1300. The van der Waals surface area contributed by atoms with Crippen molar-refractivity contribution >= 4 is 17.9 Å². The first kappa shape index (κ1) is 22.2. The van der Waals surface area contributed by atoms with Gasteiger partial charge < -0.3 is 0 Å². The SMILES string of the molecule is CCCC[C](c1ccc(C)s1)=[Hf]([CH3])([CH3])([c]1cccc2c1Cc1ccccc1-2)[CH]1C=CC=C1. The number of hydrogen-bond donors (Lipinski definition) is 0. The van der Waals surface area contributed by atoms with Gasteiger partial charge in [0.2, 0.25) is 0 Å². The molecule has 164 valence electrons. The summed E-state index contributed by atoms with van der Waals surface area (Å²) in [4.78, 5) is 2.98. The van der Waals surface area contributed by atoms with Crippen LogP contribution in [-0.2, 0) is 24.4 Å². The summed E-state index contributed by atoms with van der Waals surface area (Å²) in [6.45, 7) is 4.59. The summed E-state index contributed by atoms with van der Waals surface area (Å²) in [5, 5.41) is 0. The van der Waals surface area contributed by atoms with Gasteiger partial charge in [0.15, 0.2) is 0 Å². The predicted octanol–water partition coefficient (Wildman–Crippen LogP) is 8.36. The van der Waals surface area contributed by atoms with Crippen LogP contribution in [0.4, 0.5) is 0 Å². The van der Waals surface area contributed by atoms with Gasteiger partial charge in [-0.2, -0.15) is 0 Å². The summed E-state index contributed by atoms with van der Waals surface area (Å²) in [5.41, 5.74) is 6.04. The average molecular weight is 605 g/mol. The maximum atomic E-state index is 2.75. The molecule has 5 rings (SSSR count). The van der Waals surface area contributed by atoms with Crippen molar-refractivity contribution in [3.05, 3.63) is 99.8 Å². The van der Waals surface area contributed by atoms with E-state index in [4.69, 9.17) is 0 Å². The molecule has 0 unspecified atom stereocenters. The van der Waals surface area contributed by atoms with Crippen molar-refractivity contribution in [2.45, 2.75) is 52.6 Å². The molecule has 0 nitrogen and oxygen atoms in total. The zero-order valence-corrected chi connectivity index (χ0v) is 24.2. The molecule has 0 fully saturated rings.